The summed E-state index contributed by atoms with van der Waals surface area (Å²) in [5.41, 5.74) is 0. The summed E-state index contributed by atoms with van der Waals surface area (Å²) in [5.74, 6) is 0. The van der Waals surface area contributed by atoms with Crippen molar-refractivity contribution in [1.82, 2.24) is 0 Å². The van der Waals surface area contributed by atoms with Crippen LogP contribution in [-0.4, -0.2) is 53.8 Å². The van der Waals surface area contributed by atoms with Crippen molar-refractivity contribution in [1.29, 1.82) is 0 Å². The Morgan fingerprint density at radius 2 is 0.450 bits per heavy atom. The van der Waals surface area contributed by atoms with Crippen LogP contribution in [-0.2, 0) is 18.3 Å². The van der Waals surface area contributed by atoms with Gasteiger partial charge in [0.15, 0.2) is 0 Å². The molecule has 0 aliphatic rings. The van der Waals surface area contributed by atoms with Crippen LogP contribution in [0.1, 0.15) is 0 Å². The third kappa shape index (κ3) is 33200. The van der Waals surface area contributed by atoms with Gasteiger partial charge in [-0.1, -0.05) is 0 Å². The van der Waals surface area contributed by atoms with E-state index in [0.717, 1.165) is 0 Å². The summed E-state index contributed by atoms with van der Waals surface area (Å²) in [6, 6.07) is 0. The standard InChI is InChI=1S/FH2O3P.3H3O4P/c4*1-5(2,3)4/h(H2,2,3,4);3*(H3,1,2,3,4). The molecule has 0 heterocycles. The van der Waals surface area contributed by atoms with E-state index >= 15 is 0 Å². The van der Waals surface area contributed by atoms with Gasteiger partial charge in [-0.05, 0) is 0 Å². The van der Waals surface area contributed by atoms with Gasteiger partial charge in [0.2, 0.25) is 0 Å². The molecule has 0 spiro atoms. The molecule has 0 saturated heterocycles. The first-order chi connectivity index (χ1) is 8.00. The summed E-state index contributed by atoms with van der Waals surface area (Å²) in [4.78, 5) is 78.6. The van der Waals surface area contributed by atoms with Crippen LogP contribution in [0.5, 0.6) is 0 Å². The van der Waals surface area contributed by atoms with Crippen molar-refractivity contribution >= 4 is 31.4 Å². The molecule has 0 aliphatic heterocycles. The van der Waals surface area contributed by atoms with Crippen LogP contribution >= 0.6 is 31.4 Å². The van der Waals surface area contributed by atoms with Crippen molar-refractivity contribution < 1.29 is 76.3 Å². The highest BCUT2D eigenvalue weighted by Crippen LogP contribution is 2.35. The second-order valence-corrected chi connectivity index (χ2v) is 6.04. The Morgan fingerprint density at radius 1 is 0.450 bits per heavy atom. The Hall–Kier alpha value is 0.410. The zero-order valence-electron chi connectivity index (χ0n) is 8.72. The highest BCUT2D eigenvalue weighted by Gasteiger charge is 2.04. The van der Waals surface area contributed by atoms with E-state index in [1.165, 1.54) is 0 Å². The molecule has 0 aromatic heterocycles. The molecule has 0 aliphatic carbocycles. The molecule has 0 rings (SSSR count). The maximum atomic E-state index is 10.4. The molecule has 0 saturated carbocycles. The molecular formula is H11FO15P4. The summed E-state index contributed by atoms with van der Waals surface area (Å²) in [5, 5.41) is 0. The third-order valence-corrected chi connectivity index (χ3v) is 0. The zero-order chi connectivity index (χ0) is 18.0. The highest BCUT2D eigenvalue weighted by atomic mass is 31.2. The molecule has 20 heteroatoms. The Morgan fingerprint density at radius 3 is 0.450 bits per heavy atom. The van der Waals surface area contributed by atoms with E-state index in [1.54, 1.807) is 0 Å². The largest absolute Gasteiger partial charge is 0.507 e. The lowest BCUT2D eigenvalue weighted by atomic mass is 15.8. The Balaban J connectivity index is -0.0000000853. The maximum Gasteiger partial charge on any atom is 0.507 e. The summed E-state index contributed by atoms with van der Waals surface area (Å²) < 4.78 is 45.7. The van der Waals surface area contributed by atoms with Gasteiger partial charge in [0, 0.05) is 0 Å². The SMILES string of the molecule is O=P(O)(O)F.O=P(O)(O)O.O=P(O)(O)O.O=P(O)(O)O. The van der Waals surface area contributed by atoms with Gasteiger partial charge in [-0.15, -0.1) is 4.20 Å². The fourth-order valence-corrected chi connectivity index (χ4v) is 0. The van der Waals surface area contributed by atoms with E-state index in [0.29, 0.717) is 0 Å². The van der Waals surface area contributed by atoms with Gasteiger partial charge >= 0.3 is 31.4 Å². The lowest BCUT2D eigenvalue weighted by molar-refractivity contribution is 0.272. The van der Waals surface area contributed by atoms with Crippen LogP contribution in [0.15, 0.2) is 0 Å². The van der Waals surface area contributed by atoms with Crippen molar-refractivity contribution in [3.8, 4) is 0 Å². The second kappa shape index (κ2) is 11.0. The van der Waals surface area contributed by atoms with E-state index in [2.05, 4.69) is 0 Å². The molecule has 11 N–H and O–H groups in total. The fourth-order valence-electron chi connectivity index (χ4n) is 0. The van der Waals surface area contributed by atoms with Gasteiger partial charge < -0.3 is 44.0 Å². The molecule has 20 heavy (non-hydrogen) atoms. The molecule has 0 bridgehead atoms. The van der Waals surface area contributed by atoms with Crippen molar-refractivity contribution in [3.63, 3.8) is 0 Å². The molecule has 0 fully saturated rings. The summed E-state index contributed by atoms with van der Waals surface area (Å²) >= 11 is 0. The molecule has 0 unspecified atom stereocenters. The second-order valence-electron chi connectivity index (χ2n) is 2.01. The van der Waals surface area contributed by atoms with E-state index in [9.17, 15) is 4.20 Å². The average Bonchev–Trinajstić information content (AvgIpc) is 1.62. The van der Waals surface area contributed by atoms with Crippen molar-refractivity contribution in [2.24, 2.45) is 0 Å². The quantitative estimate of drug-likeness (QED) is 0.186. The molecule has 0 aromatic rings. The maximum absolute atomic E-state index is 10.4. The fraction of sp³-hybridized carbons (Fsp3) is 0. The van der Waals surface area contributed by atoms with Gasteiger partial charge in [0.05, 0.1) is 0 Å². The minimum atomic E-state index is -5.14. The third-order valence-electron chi connectivity index (χ3n) is 0. The molecule has 0 aromatic carbocycles. The first kappa shape index (κ1) is 28.6. The average molecular weight is 394 g/mol. The predicted octanol–water partition coefficient (Wildman–Crippen LogP) is -2.74. The van der Waals surface area contributed by atoms with Gasteiger partial charge in [-0.3, -0.25) is 9.79 Å². The minimum absolute atomic E-state index is 4.64. The van der Waals surface area contributed by atoms with Crippen LogP contribution in [0.3, 0.4) is 0 Å². The molecule has 15 nitrogen and oxygen atoms in total. The highest BCUT2D eigenvalue weighted by molar-refractivity contribution is 7.46. The normalized spacial score (nSPS) is 11.8. The minimum Gasteiger partial charge on any atom is -0.303 e. The summed E-state index contributed by atoms with van der Waals surface area (Å²) in [6.07, 6.45) is 0. The van der Waals surface area contributed by atoms with E-state index in [1.807, 2.05) is 0 Å². The number of halogens is 1. The monoisotopic (exact) mass is 394 g/mol. The first-order valence-corrected chi connectivity index (χ1v) is 9.30. The number of hydrogen-bond acceptors (Lipinski definition) is 4. The smallest absolute Gasteiger partial charge is 0.303 e. The van der Waals surface area contributed by atoms with Crippen LogP contribution in [0.4, 0.5) is 4.20 Å². The first-order valence-electron chi connectivity index (χ1n) is 3.10. The lowest BCUT2D eigenvalue weighted by Crippen LogP contribution is -1.66. The summed E-state index contributed by atoms with van der Waals surface area (Å²) in [7, 11) is -19.1. The van der Waals surface area contributed by atoms with Crippen molar-refractivity contribution in [3.05, 3.63) is 0 Å². The van der Waals surface area contributed by atoms with E-state index < -0.39 is 31.4 Å². The zero-order valence-corrected chi connectivity index (χ0v) is 12.3. The number of rotatable bonds is 0. The molecule has 0 atom stereocenters. The molecular weight excluding hydrogens is 383 g/mol. The van der Waals surface area contributed by atoms with Crippen LogP contribution in [0, 0.1) is 0 Å². The predicted molar refractivity (Wildman–Crippen MR) is 55.9 cm³/mol. The Kier molecular flexibility index (Phi) is 15.8. The van der Waals surface area contributed by atoms with Gasteiger partial charge in [-0.2, -0.15) is 0 Å². The van der Waals surface area contributed by atoms with E-state index in [-0.39, 0.29) is 0 Å². The van der Waals surface area contributed by atoms with Crippen LogP contribution < -0.4 is 0 Å². The van der Waals surface area contributed by atoms with E-state index in [4.69, 9.17) is 72.1 Å². The van der Waals surface area contributed by atoms with Crippen LogP contribution in [0.25, 0.3) is 0 Å². The van der Waals surface area contributed by atoms with Crippen molar-refractivity contribution in [2.45, 2.75) is 0 Å². The molecule has 0 amide bonds. The van der Waals surface area contributed by atoms with Crippen molar-refractivity contribution in [2.75, 3.05) is 0 Å². The van der Waals surface area contributed by atoms with Gasteiger partial charge in [0.25, 0.3) is 0 Å². The van der Waals surface area contributed by atoms with Gasteiger partial charge in [-0.25, -0.2) is 18.3 Å². The lowest BCUT2D eigenvalue weighted by Gasteiger charge is -1.82. The number of hydrogen-bond donors (Lipinski definition) is 11. The molecule has 0 radical (unpaired) electrons. The topological polar surface area (TPSA) is 291 Å². The Bertz CT molecular complexity index is 285. The van der Waals surface area contributed by atoms with Crippen LogP contribution in [0.2, 0.25) is 0 Å². The molecule has 128 valence electrons. The van der Waals surface area contributed by atoms with Gasteiger partial charge in [0.1, 0.15) is 0 Å². The number of phosphoric acid groups is 3. The Labute approximate surface area is 109 Å². The summed E-state index contributed by atoms with van der Waals surface area (Å²) in [6.45, 7) is 0.